The third-order valence-electron chi connectivity index (χ3n) is 5.33. The molecular formula is C23H25N3O2. The zero-order valence-electron chi connectivity index (χ0n) is 16.5. The molecule has 0 aliphatic carbocycles. The first kappa shape index (κ1) is 18.2. The summed E-state index contributed by atoms with van der Waals surface area (Å²) in [5, 5.41) is 3.10. The summed E-state index contributed by atoms with van der Waals surface area (Å²) in [7, 11) is 1.66. The lowest BCUT2D eigenvalue weighted by atomic mass is 10.00. The quantitative estimate of drug-likeness (QED) is 0.718. The van der Waals surface area contributed by atoms with E-state index in [0.29, 0.717) is 6.54 Å². The Bertz CT molecular complexity index is 1010. The van der Waals surface area contributed by atoms with Crippen LogP contribution in [0.3, 0.4) is 0 Å². The number of fused-ring (bicyclic) bond motifs is 1. The van der Waals surface area contributed by atoms with Gasteiger partial charge >= 0.3 is 6.03 Å². The summed E-state index contributed by atoms with van der Waals surface area (Å²) >= 11 is 0. The lowest BCUT2D eigenvalue weighted by Crippen LogP contribution is -2.44. The average molecular weight is 375 g/mol. The van der Waals surface area contributed by atoms with Crippen LogP contribution in [0.2, 0.25) is 0 Å². The minimum Gasteiger partial charge on any atom is -0.497 e. The number of ether oxygens (including phenoxy) is 1. The number of rotatable bonds is 3. The molecule has 28 heavy (non-hydrogen) atoms. The van der Waals surface area contributed by atoms with E-state index in [1.165, 1.54) is 5.56 Å². The van der Waals surface area contributed by atoms with Gasteiger partial charge in [0, 0.05) is 30.7 Å². The third-order valence-corrected chi connectivity index (χ3v) is 5.33. The Kier molecular flexibility index (Phi) is 4.82. The Morgan fingerprint density at radius 1 is 1.07 bits per heavy atom. The van der Waals surface area contributed by atoms with Crippen molar-refractivity contribution in [2.24, 2.45) is 0 Å². The molecule has 0 radical (unpaired) electrons. The molecule has 0 saturated heterocycles. The number of amides is 2. The summed E-state index contributed by atoms with van der Waals surface area (Å²) < 4.78 is 7.62. The Morgan fingerprint density at radius 3 is 2.71 bits per heavy atom. The number of benzene rings is 2. The molecule has 1 aliphatic rings. The molecule has 5 nitrogen and oxygen atoms in total. The largest absolute Gasteiger partial charge is 0.497 e. The fraction of sp³-hybridized carbons (Fsp3) is 0.261. The van der Waals surface area contributed by atoms with E-state index in [1.54, 1.807) is 7.11 Å². The van der Waals surface area contributed by atoms with Gasteiger partial charge in [0.25, 0.3) is 0 Å². The number of urea groups is 1. The van der Waals surface area contributed by atoms with Crippen LogP contribution in [-0.4, -0.2) is 29.2 Å². The zero-order valence-corrected chi connectivity index (χ0v) is 16.5. The van der Waals surface area contributed by atoms with Gasteiger partial charge < -0.3 is 19.5 Å². The molecule has 2 heterocycles. The molecule has 1 atom stereocenters. The highest BCUT2D eigenvalue weighted by atomic mass is 16.5. The Hall–Kier alpha value is -3.21. The highest BCUT2D eigenvalue weighted by Gasteiger charge is 2.32. The number of hydrogen-bond acceptors (Lipinski definition) is 2. The van der Waals surface area contributed by atoms with Gasteiger partial charge in [0.1, 0.15) is 5.75 Å². The van der Waals surface area contributed by atoms with Gasteiger partial charge in [-0.2, -0.15) is 0 Å². The Morgan fingerprint density at radius 2 is 1.93 bits per heavy atom. The molecule has 2 amide bonds. The molecular weight excluding hydrogens is 350 g/mol. The Labute approximate surface area is 165 Å². The van der Waals surface area contributed by atoms with E-state index in [-0.39, 0.29) is 12.1 Å². The van der Waals surface area contributed by atoms with E-state index in [0.717, 1.165) is 34.8 Å². The van der Waals surface area contributed by atoms with Crippen LogP contribution < -0.4 is 10.1 Å². The topological polar surface area (TPSA) is 46.5 Å². The van der Waals surface area contributed by atoms with Crippen LogP contribution in [0, 0.1) is 13.8 Å². The summed E-state index contributed by atoms with van der Waals surface area (Å²) in [6.45, 7) is 5.49. The molecule has 144 valence electrons. The molecule has 1 unspecified atom stereocenters. The maximum absolute atomic E-state index is 13.2. The second-order valence-corrected chi connectivity index (χ2v) is 7.25. The smallest absolute Gasteiger partial charge is 0.322 e. The number of aryl methyl sites for hydroxylation is 2. The molecule has 1 N–H and O–H groups in total. The summed E-state index contributed by atoms with van der Waals surface area (Å²) in [6.07, 6.45) is 2.07. The second kappa shape index (κ2) is 7.43. The van der Waals surface area contributed by atoms with Gasteiger partial charge in [-0.25, -0.2) is 4.79 Å². The van der Waals surface area contributed by atoms with Crippen molar-refractivity contribution in [3.05, 3.63) is 83.2 Å². The van der Waals surface area contributed by atoms with Gasteiger partial charge in [0.05, 0.1) is 13.2 Å². The van der Waals surface area contributed by atoms with E-state index in [1.807, 2.05) is 54.3 Å². The first-order chi connectivity index (χ1) is 13.6. The van der Waals surface area contributed by atoms with Gasteiger partial charge in [-0.05, 0) is 55.3 Å². The van der Waals surface area contributed by atoms with Crippen molar-refractivity contribution in [1.82, 2.24) is 9.47 Å². The molecule has 1 aromatic heterocycles. The van der Waals surface area contributed by atoms with Crippen LogP contribution in [0.4, 0.5) is 10.5 Å². The van der Waals surface area contributed by atoms with E-state index in [2.05, 4.69) is 35.1 Å². The number of aromatic nitrogens is 1. The summed E-state index contributed by atoms with van der Waals surface area (Å²) in [6, 6.07) is 17.9. The molecule has 0 bridgehead atoms. The predicted octanol–water partition coefficient (Wildman–Crippen LogP) is 4.75. The molecule has 1 aliphatic heterocycles. The number of hydrogen-bond donors (Lipinski definition) is 1. The van der Waals surface area contributed by atoms with Crippen molar-refractivity contribution in [1.29, 1.82) is 0 Å². The molecule has 0 saturated carbocycles. The van der Waals surface area contributed by atoms with Gasteiger partial charge in [0.15, 0.2) is 0 Å². The van der Waals surface area contributed by atoms with Crippen molar-refractivity contribution in [2.75, 3.05) is 19.0 Å². The van der Waals surface area contributed by atoms with E-state index in [4.69, 9.17) is 4.74 Å². The third kappa shape index (κ3) is 3.36. The fourth-order valence-electron chi connectivity index (χ4n) is 3.91. The minimum absolute atomic E-state index is 0.0905. The SMILES string of the molecule is COc1cccc(C2c3cccn3CCN2C(=O)Nc2ccc(C)cc2C)c1. The maximum atomic E-state index is 13.2. The Balaban J connectivity index is 1.69. The highest BCUT2D eigenvalue weighted by molar-refractivity contribution is 5.90. The minimum atomic E-state index is -0.162. The fourth-order valence-corrected chi connectivity index (χ4v) is 3.91. The maximum Gasteiger partial charge on any atom is 0.322 e. The van der Waals surface area contributed by atoms with Crippen molar-refractivity contribution < 1.29 is 9.53 Å². The number of carbonyl (C=O) groups is 1. The average Bonchev–Trinajstić information content (AvgIpc) is 3.18. The van der Waals surface area contributed by atoms with Crippen LogP contribution in [0.15, 0.2) is 60.8 Å². The number of carbonyl (C=O) groups excluding carboxylic acids is 1. The number of anilines is 1. The molecule has 0 spiro atoms. The van der Waals surface area contributed by atoms with Crippen LogP contribution in [0.1, 0.15) is 28.4 Å². The first-order valence-electron chi connectivity index (χ1n) is 9.50. The molecule has 0 fully saturated rings. The van der Waals surface area contributed by atoms with Crippen LogP contribution in [0.25, 0.3) is 0 Å². The molecule has 2 aromatic carbocycles. The summed E-state index contributed by atoms with van der Waals surface area (Å²) in [4.78, 5) is 15.2. The molecule has 4 rings (SSSR count). The van der Waals surface area contributed by atoms with Gasteiger partial charge in [-0.1, -0.05) is 29.8 Å². The zero-order chi connectivity index (χ0) is 19.7. The van der Waals surface area contributed by atoms with Crippen LogP contribution in [0.5, 0.6) is 5.75 Å². The lowest BCUT2D eigenvalue weighted by Gasteiger charge is -2.37. The van der Waals surface area contributed by atoms with E-state index >= 15 is 0 Å². The van der Waals surface area contributed by atoms with E-state index in [9.17, 15) is 4.79 Å². The lowest BCUT2D eigenvalue weighted by molar-refractivity contribution is 0.181. The highest BCUT2D eigenvalue weighted by Crippen LogP contribution is 2.34. The van der Waals surface area contributed by atoms with Gasteiger partial charge in [0.2, 0.25) is 0 Å². The second-order valence-electron chi connectivity index (χ2n) is 7.25. The normalized spacial score (nSPS) is 15.8. The molecule has 5 heteroatoms. The van der Waals surface area contributed by atoms with Crippen LogP contribution >= 0.6 is 0 Å². The monoisotopic (exact) mass is 375 g/mol. The van der Waals surface area contributed by atoms with Crippen molar-refractivity contribution in [3.63, 3.8) is 0 Å². The van der Waals surface area contributed by atoms with Crippen molar-refractivity contribution >= 4 is 11.7 Å². The number of nitrogens with one attached hydrogen (secondary N) is 1. The van der Waals surface area contributed by atoms with Gasteiger partial charge in [-0.3, -0.25) is 0 Å². The summed E-state index contributed by atoms with van der Waals surface area (Å²) in [5.74, 6) is 0.788. The van der Waals surface area contributed by atoms with Gasteiger partial charge in [-0.15, -0.1) is 0 Å². The summed E-state index contributed by atoms with van der Waals surface area (Å²) in [5.41, 5.74) is 5.23. The first-order valence-corrected chi connectivity index (χ1v) is 9.50. The van der Waals surface area contributed by atoms with Crippen molar-refractivity contribution in [3.8, 4) is 5.75 Å². The molecule has 3 aromatic rings. The van der Waals surface area contributed by atoms with E-state index < -0.39 is 0 Å². The standard InChI is InChI=1S/C23H25N3O2/c1-16-9-10-20(17(2)14-16)24-23(27)26-13-12-25-11-5-8-21(25)22(26)18-6-4-7-19(15-18)28-3/h4-11,14-15,22H,12-13H2,1-3H3,(H,24,27). The van der Waals surface area contributed by atoms with Crippen molar-refractivity contribution in [2.45, 2.75) is 26.4 Å². The van der Waals surface area contributed by atoms with Crippen LogP contribution in [-0.2, 0) is 6.54 Å². The predicted molar refractivity (Wildman–Crippen MR) is 111 cm³/mol. The number of nitrogens with zero attached hydrogens (tertiary/aromatic N) is 2. The number of methoxy groups -OCH3 is 1.